The fourth-order valence-electron chi connectivity index (χ4n) is 4.15. The Balaban J connectivity index is 1.31. The number of nitrogens with one attached hydrogen (secondary N) is 4. The SMILES string of the molecule is O=C(NC1(c2ccccc2)CCC1)c1ccc(NS(=O)(=O)c2ccc3[nH]c(=O)[nH]c3c2)cc1. The number of hydrogen-bond acceptors (Lipinski definition) is 4. The van der Waals surface area contributed by atoms with Crippen LogP contribution in [0.15, 0.2) is 82.5 Å². The molecular formula is C24H22N4O4S. The van der Waals surface area contributed by atoms with E-state index in [0.717, 1.165) is 24.8 Å². The Morgan fingerprint density at radius 3 is 2.24 bits per heavy atom. The van der Waals surface area contributed by atoms with Gasteiger partial charge in [-0.05, 0) is 67.3 Å². The number of anilines is 1. The molecular weight excluding hydrogens is 440 g/mol. The van der Waals surface area contributed by atoms with Crippen molar-refractivity contribution in [1.82, 2.24) is 15.3 Å². The lowest BCUT2D eigenvalue weighted by molar-refractivity contribution is 0.0823. The van der Waals surface area contributed by atoms with Crippen LogP contribution in [0.4, 0.5) is 5.69 Å². The van der Waals surface area contributed by atoms with E-state index in [4.69, 9.17) is 0 Å². The Hall–Kier alpha value is -3.85. The van der Waals surface area contributed by atoms with Gasteiger partial charge in [-0.3, -0.25) is 9.52 Å². The quantitative estimate of drug-likeness (QED) is 0.350. The normalized spacial score (nSPS) is 15.0. The van der Waals surface area contributed by atoms with Crippen molar-refractivity contribution in [2.24, 2.45) is 0 Å². The number of hydrogen-bond donors (Lipinski definition) is 4. The van der Waals surface area contributed by atoms with Gasteiger partial charge in [0.2, 0.25) is 0 Å². The van der Waals surface area contributed by atoms with Gasteiger partial charge in [-0.25, -0.2) is 13.2 Å². The highest BCUT2D eigenvalue weighted by Crippen LogP contribution is 2.41. The second-order valence-electron chi connectivity index (χ2n) is 8.23. The summed E-state index contributed by atoms with van der Waals surface area (Å²) in [5.74, 6) is -0.199. The lowest BCUT2D eigenvalue weighted by atomic mass is 9.71. The van der Waals surface area contributed by atoms with Gasteiger partial charge in [-0.1, -0.05) is 30.3 Å². The predicted octanol–water partition coefficient (Wildman–Crippen LogP) is 3.47. The number of H-pyrrole nitrogens is 2. The molecule has 9 heteroatoms. The molecule has 33 heavy (non-hydrogen) atoms. The molecule has 4 aromatic rings. The molecule has 4 N–H and O–H groups in total. The minimum Gasteiger partial charge on any atom is -0.343 e. The number of amides is 1. The smallest absolute Gasteiger partial charge is 0.323 e. The first-order valence-electron chi connectivity index (χ1n) is 10.6. The maximum absolute atomic E-state index is 12.9. The summed E-state index contributed by atoms with van der Waals surface area (Å²) >= 11 is 0. The molecule has 0 atom stereocenters. The van der Waals surface area contributed by atoms with E-state index in [2.05, 4.69) is 20.0 Å². The number of benzene rings is 3. The molecule has 0 aliphatic heterocycles. The molecule has 1 saturated carbocycles. The molecule has 1 fully saturated rings. The number of fused-ring (bicyclic) bond motifs is 1. The van der Waals surface area contributed by atoms with E-state index in [1.807, 2.05) is 30.3 Å². The summed E-state index contributed by atoms with van der Waals surface area (Å²) < 4.78 is 28.0. The van der Waals surface area contributed by atoms with Crippen LogP contribution < -0.4 is 15.7 Å². The Morgan fingerprint density at radius 1 is 0.879 bits per heavy atom. The molecule has 1 aromatic heterocycles. The molecule has 1 aliphatic carbocycles. The lowest BCUT2D eigenvalue weighted by Gasteiger charge is -2.43. The largest absolute Gasteiger partial charge is 0.343 e. The summed E-state index contributed by atoms with van der Waals surface area (Å²) in [7, 11) is -3.87. The molecule has 0 saturated heterocycles. The van der Waals surface area contributed by atoms with Crippen molar-refractivity contribution in [3.05, 3.63) is 94.4 Å². The Kier molecular flexibility index (Phi) is 5.05. The number of rotatable bonds is 6. The average molecular weight is 463 g/mol. The summed E-state index contributed by atoms with van der Waals surface area (Å²) in [6.45, 7) is 0. The van der Waals surface area contributed by atoms with Crippen molar-refractivity contribution in [3.63, 3.8) is 0 Å². The van der Waals surface area contributed by atoms with Crippen molar-refractivity contribution in [3.8, 4) is 0 Å². The summed E-state index contributed by atoms with van der Waals surface area (Å²) in [6.07, 6.45) is 2.83. The molecule has 3 aromatic carbocycles. The first-order chi connectivity index (χ1) is 15.8. The number of imidazole rings is 1. The highest BCUT2D eigenvalue weighted by Gasteiger charge is 2.40. The molecule has 0 unspecified atom stereocenters. The third kappa shape index (κ3) is 4.03. The van der Waals surface area contributed by atoms with Gasteiger partial charge in [0.05, 0.1) is 21.5 Å². The monoisotopic (exact) mass is 462 g/mol. The highest BCUT2D eigenvalue weighted by atomic mass is 32.2. The zero-order valence-electron chi connectivity index (χ0n) is 17.6. The van der Waals surface area contributed by atoms with Crippen LogP contribution in [0.2, 0.25) is 0 Å². The summed E-state index contributed by atoms with van der Waals surface area (Å²) in [5, 5.41) is 3.17. The number of aromatic nitrogens is 2. The maximum atomic E-state index is 12.9. The molecule has 168 valence electrons. The first kappa shape index (κ1) is 21.0. The van der Waals surface area contributed by atoms with E-state index in [-0.39, 0.29) is 16.3 Å². The van der Waals surface area contributed by atoms with Gasteiger partial charge in [0.1, 0.15) is 0 Å². The minimum atomic E-state index is -3.87. The summed E-state index contributed by atoms with van der Waals surface area (Å²) in [6, 6.07) is 20.6. The zero-order valence-corrected chi connectivity index (χ0v) is 18.4. The van der Waals surface area contributed by atoms with Crippen molar-refractivity contribution in [2.45, 2.75) is 29.7 Å². The Labute approximate surface area is 190 Å². The van der Waals surface area contributed by atoms with Crippen LogP contribution in [0, 0.1) is 0 Å². The van der Waals surface area contributed by atoms with E-state index in [9.17, 15) is 18.0 Å². The van der Waals surface area contributed by atoms with Crippen LogP contribution in [-0.2, 0) is 15.6 Å². The standard InChI is InChI=1S/C24H22N4O4S/c29-22(27-24(13-4-14-24)17-5-2-1-3-6-17)16-7-9-18(10-8-16)28-33(31,32)19-11-12-20-21(15-19)26-23(30)25-20/h1-3,5-12,15,28H,4,13-14H2,(H,27,29)(H2,25,26,30). The highest BCUT2D eigenvalue weighted by molar-refractivity contribution is 7.92. The number of carbonyl (C=O) groups excluding carboxylic acids is 1. The lowest BCUT2D eigenvalue weighted by Crippen LogP contribution is -2.50. The van der Waals surface area contributed by atoms with Gasteiger partial charge in [0.15, 0.2) is 0 Å². The third-order valence-corrected chi connectivity index (χ3v) is 7.46. The molecule has 5 rings (SSSR count). The van der Waals surface area contributed by atoms with Crippen molar-refractivity contribution in [2.75, 3.05) is 4.72 Å². The topological polar surface area (TPSA) is 124 Å². The van der Waals surface area contributed by atoms with Gasteiger partial charge >= 0.3 is 5.69 Å². The molecule has 0 radical (unpaired) electrons. The fourth-order valence-corrected chi connectivity index (χ4v) is 5.23. The number of sulfonamides is 1. The van der Waals surface area contributed by atoms with E-state index in [1.165, 1.54) is 18.2 Å². The molecule has 1 amide bonds. The fraction of sp³-hybridized carbons (Fsp3) is 0.167. The van der Waals surface area contributed by atoms with Crippen molar-refractivity contribution < 1.29 is 13.2 Å². The van der Waals surface area contributed by atoms with Crippen LogP contribution in [0.25, 0.3) is 11.0 Å². The maximum Gasteiger partial charge on any atom is 0.323 e. The number of aromatic amines is 2. The van der Waals surface area contributed by atoms with Crippen LogP contribution in [0.5, 0.6) is 0 Å². The predicted molar refractivity (Wildman–Crippen MR) is 126 cm³/mol. The second kappa shape index (κ2) is 7.93. The second-order valence-corrected chi connectivity index (χ2v) is 9.91. The van der Waals surface area contributed by atoms with Crippen molar-refractivity contribution >= 4 is 32.7 Å². The molecule has 0 bridgehead atoms. The van der Waals surface area contributed by atoms with E-state index in [1.54, 1.807) is 24.3 Å². The molecule has 8 nitrogen and oxygen atoms in total. The van der Waals surface area contributed by atoms with Gasteiger partial charge in [0, 0.05) is 11.3 Å². The van der Waals surface area contributed by atoms with Crippen LogP contribution >= 0.6 is 0 Å². The Morgan fingerprint density at radius 2 is 1.58 bits per heavy atom. The zero-order chi connectivity index (χ0) is 23.1. The van der Waals surface area contributed by atoms with Crippen molar-refractivity contribution in [1.29, 1.82) is 0 Å². The van der Waals surface area contributed by atoms with Gasteiger partial charge in [0.25, 0.3) is 15.9 Å². The van der Waals surface area contributed by atoms with Gasteiger partial charge in [-0.15, -0.1) is 0 Å². The molecule has 0 spiro atoms. The first-order valence-corrected chi connectivity index (χ1v) is 12.1. The minimum absolute atomic E-state index is 0.0156. The molecule has 1 aliphatic rings. The average Bonchev–Trinajstić information content (AvgIpc) is 3.16. The molecule has 1 heterocycles. The number of carbonyl (C=O) groups is 1. The summed E-state index contributed by atoms with van der Waals surface area (Å²) in [5.41, 5.74) is 2.04. The van der Waals surface area contributed by atoms with Gasteiger partial charge in [-0.2, -0.15) is 0 Å². The van der Waals surface area contributed by atoms with E-state index in [0.29, 0.717) is 22.3 Å². The van der Waals surface area contributed by atoms with E-state index < -0.39 is 15.7 Å². The van der Waals surface area contributed by atoms with Gasteiger partial charge < -0.3 is 15.3 Å². The van der Waals surface area contributed by atoms with Crippen LogP contribution in [0.3, 0.4) is 0 Å². The van der Waals surface area contributed by atoms with E-state index >= 15 is 0 Å². The third-order valence-electron chi connectivity index (χ3n) is 6.08. The van der Waals surface area contributed by atoms with Crippen LogP contribution in [-0.4, -0.2) is 24.3 Å². The van der Waals surface area contributed by atoms with Crippen LogP contribution in [0.1, 0.15) is 35.2 Å². The summed E-state index contributed by atoms with van der Waals surface area (Å²) in [4.78, 5) is 29.4. The Bertz CT molecular complexity index is 1490.